The molecule has 0 aliphatic heterocycles. The average molecular weight is 735 g/mol. The van der Waals surface area contributed by atoms with E-state index >= 15 is 0 Å². The first kappa shape index (κ1) is 39.8. The Labute approximate surface area is 283 Å². The molecule has 2 aromatic heterocycles. The van der Waals surface area contributed by atoms with Gasteiger partial charge in [-0.25, -0.2) is 0 Å². The summed E-state index contributed by atoms with van der Waals surface area (Å²) in [6.07, 6.45) is 3.54. The van der Waals surface area contributed by atoms with E-state index in [1.807, 2.05) is 36.4 Å². The van der Waals surface area contributed by atoms with Gasteiger partial charge in [0.05, 0.1) is 11.4 Å². The van der Waals surface area contributed by atoms with Crippen LogP contribution in [0.5, 0.6) is 0 Å². The summed E-state index contributed by atoms with van der Waals surface area (Å²) in [7, 11) is -0.861. The Morgan fingerprint density at radius 2 is 0.902 bits per heavy atom. The van der Waals surface area contributed by atoms with Crippen LogP contribution in [-0.4, -0.2) is 18.0 Å². The summed E-state index contributed by atoms with van der Waals surface area (Å²) < 4.78 is 0. The molecule has 0 spiro atoms. The van der Waals surface area contributed by atoms with Crippen LogP contribution < -0.4 is 0 Å². The number of pyridine rings is 2. The quantitative estimate of drug-likeness (QED) is 0.199. The second kappa shape index (κ2) is 19.1. The van der Waals surface area contributed by atoms with Crippen LogP contribution in [0.25, 0.3) is 17.1 Å². The molecule has 1 N–H and O–H groups in total. The minimum Gasteiger partial charge on any atom is -0.698 e. The van der Waals surface area contributed by atoms with Gasteiger partial charge >= 0.3 is 36.9 Å². The van der Waals surface area contributed by atoms with Crippen molar-refractivity contribution in [3.63, 3.8) is 0 Å². The first-order valence-corrected chi connectivity index (χ1v) is 18.8. The molecule has 0 atom stereocenters. The van der Waals surface area contributed by atoms with Crippen molar-refractivity contribution in [2.45, 2.75) is 93.8 Å². The van der Waals surface area contributed by atoms with Gasteiger partial charge in [-0.2, -0.15) is 0 Å². The topological polar surface area (TPSA) is 49.6 Å². The Bertz CT molecular complexity index is 982. The molecular formula is C36H57LuN3Si+. The molecule has 3 aromatic rings. The van der Waals surface area contributed by atoms with Crippen molar-refractivity contribution in [3.8, 4) is 11.4 Å². The fourth-order valence-corrected chi connectivity index (χ4v) is 4.97. The molecule has 0 amide bonds. The van der Waals surface area contributed by atoms with Gasteiger partial charge in [-0.05, 0) is 65.7 Å². The number of rotatable bonds is 3. The van der Waals surface area contributed by atoms with Gasteiger partial charge in [0.15, 0.2) is 0 Å². The number of nitrogens with one attached hydrogen (secondary N) is 1. The molecule has 41 heavy (non-hydrogen) atoms. The molecule has 0 saturated heterocycles. The van der Waals surface area contributed by atoms with E-state index in [1.165, 1.54) is 0 Å². The number of hydrogen-bond acceptors (Lipinski definition) is 2. The number of benzene rings is 1. The van der Waals surface area contributed by atoms with Gasteiger partial charge in [-0.3, -0.25) is 9.97 Å². The standard InChI is InChI=1S/C12H18N.C10H8N2.C10H20.C4H11Si.Lu/c1-8(2)10-6-5-7-11(9(3)4)12(10)13;1-3-7-11-9(5-1)10-6-2-4-8-12-10;1-6-7(2)9(4)10(5)8(6)3;1-5(2,3)4;/h5-9,13H,1-4H3;1-8H;6-10H,1-5H3;1H2,2-4H3;/q-1;;;-1;+3. The molecule has 1 saturated carbocycles. The normalized spacial score (nSPS) is 21.4. The Morgan fingerprint density at radius 1 is 0.610 bits per heavy atom. The van der Waals surface area contributed by atoms with E-state index in [1.54, 1.807) is 12.4 Å². The van der Waals surface area contributed by atoms with Crippen molar-refractivity contribution in [2.24, 2.45) is 29.6 Å². The zero-order valence-corrected chi connectivity index (χ0v) is 30.4. The number of nitrogens with zero attached hydrogens (tertiary/aromatic N) is 2. The zero-order chi connectivity index (χ0) is 30.6. The molecular weight excluding hydrogens is 677 g/mol. The Morgan fingerprint density at radius 3 is 1.12 bits per heavy atom. The zero-order valence-electron chi connectivity index (χ0n) is 27.8. The second-order valence-electron chi connectivity index (χ2n) is 13.4. The summed E-state index contributed by atoms with van der Waals surface area (Å²) in [5.74, 6) is 5.58. The Kier molecular flexibility index (Phi) is 18.6. The van der Waals surface area contributed by atoms with Gasteiger partial charge < -0.3 is 12.3 Å². The number of aromatic nitrogens is 2. The van der Waals surface area contributed by atoms with E-state index in [2.05, 4.69) is 117 Å². The van der Waals surface area contributed by atoms with Crippen LogP contribution in [0.3, 0.4) is 0 Å². The number of hydrogen-bond donors (Lipinski definition) is 0. The van der Waals surface area contributed by atoms with Crippen molar-refractivity contribution in [1.29, 1.82) is 0 Å². The molecule has 5 heteroatoms. The molecule has 1 aliphatic carbocycles. The fraction of sp³-hybridized carbons (Fsp3) is 0.528. The van der Waals surface area contributed by atoms with E-state index in [-0.39, 0.29) is 36.9 Å². The molecule has 0 radical (unpaired) electrons. The molecule has 0 bridgehead atoms. The minimum absolute atomic E-state index is 0. The largest absolute Gasteiger partial charge is 3.00 e. The van der Waals surface area contributed by atoms with Crippen LogP contribution in [0.1, 0.15) is 85.3 Å². The molecule has 2 heterocycles. The summed E-state index contributed by atoms with van der Waals surface area (Å²) in [6.45, 7) is 31.1. The first-order valence-electron chi connectivity index (χ1n) is 15.1. The molecule has 234 valence electrons. The van der Waals surface area contributed by atoms with E-state index in [0.717, 1.165) is 57.8 Å². The molecule has 3 nitrogen and oxygen atoms in total. The van der Waals surface area contributed by atoms with Crippen LogP contribution in [0, 0.1) is 73.0 Å². The van der Waals surface area contributed by atoms with Gasteiger partial charge in [-0.1, -0.05) is 123 Å². The summed E-state index contributed by atoms with van der Waals surface area (Å²) in [6, 6.07) is 17.8. The van der Waals surface area contributed by atoms with E-state index in [4.69, 9.17) is 5.73 Å². The van der Waals surface area contributed by atoms with Crippen molar-refractivity contribution in [2.75, 3.05) is 0 Å². The van der Waals surface area contributed by atoms with Crippen molar-refractivity contribution in [3.05, 3.63) is 90.4 Å². The van der Waals surface area contributed by atoms with Gasteiger partial charge in [0.2, 0.25) is 0 Å². The Hall–Kier alpha value is -1.23. The molecule has 0 unspecified atom stereocenters. The first-order chi connectivity index (χ1) is 18.6. The van der Waals surface area contributed by atoms with Gasteiger partial charge in [0, 0.05) is 12.4 Å². The summed E-state index contributed by atoms with van der Waals surface area (Å²) in [4.78, 5) is 8.37. The smallest absolute Gasteiger partial charge is 0.698 e. The van der Waals surface area contributed by atoms with Crippen LogP contribution >= 0.6 is 0 Å². The van der Waals surface area contributed by atoms with Crippen molar-refractivity contribution in [1.82, 2.24) is 9.97 Å². The van der Waals surface area contributed by atoms with E-state index in [9.17, 15) is 0 Å². The third-order valence-corrected chi connectivity index (χ3v) is 8.11. The second-order valence-corrected chi connectivity index (χ2v) is 18.5. The van der Waals surface area contributed by atoms with Crippen molar-refractivity contribution < 1.29 is 36.9 Å². The third kappa shape index (κ3) is 14.2. The van der Waals surface area contributed by atoms with Gasteiger partial charge in [0.25, 0.3) is 0 Å². The predicted octanol–water partition coefficient (Wildman–Crippen LogP) is 11.6. The van der Waals surface area contributed by atoms with Crippen LogP contribution in [0.2, 0.25) is 19.6 Å². The van der Waals surface area contributed by atoms with Crippen LogP contribution in [-0.2, 0) is 0 Å². The molecule has 1 fully saturated rings. The SMILES string of the molecule is CC(C)c1cccc(C(C)C)c1[NH-].CC1C(C)C(C)C(C)C1C.[CH2-][Si](C)(C)C.[Lu+3].c1ccc(-c2ccccn2)nc1. The average Bonchev–Trinajstić information content (AvgIpc) is 3.07. The maximum Gasteiger partial charge on any atom is 3.00 e. The molecule has 4 rings (SSSR count). The maximum absolute atomic E-state index is 8.01. The van der Waals surface area contributed by atoms with Crippen LogP contribution in [0.4, 0.5) is 5.69 Å². The summed E-state index contributed by atoms with van der Waals surface area (Å²) in [5.41, 5.74) is 12.9. The maximum atomic E-state index is 8.01. The molecule has 1 aromatic carbocycles. The monoisotopic (exact) mass is 734 g/mol. The van der Waals surface area contributed by atoms with Crippen LogP contribution in [0.15, 0.2) is 67.0 Å². The van der Waals surface area contributed by atoms with Crippen molar-refractivity contribution >= 4 is 13.8 Å². The molecule has 1 aliphatic rings. The predicted molar refractivity (Wildman–Crippen MR) is 181 cm³/mol. The summed E-state index contributed by atoms with van der Waals surface area (Å²) >= 11 is 0. The van der Waals surface area contributed by atoms with Gasteiger partial charge in [0.1, 0.15) is 0 Å². The summed E-state index contributed by atoms with van der Waals surface area (Å²) in [5, 5.41) is 0. The fourth-order valence-electron chi connectivity index (χ4n) is 4.97. The van der Waals surface area contributed by atoms with Gasteiger partial charge in [-0.15, -0.1) is 13.8 Å². The minimum atomic E-state index is -0.861. The third-order valence-electron chi connectivity index (χ3n) is 8.11. The Balaban J connectivity index is 0.000000539. The van der Waals surface area contributed by atoms with E-state index in [0.29, 0.717) is 11.8 Å². The van der Waals surface area contributed by atoms with E-state index < -0.39 is 8.07 Å².